The molecule has 0 amide bonds. The summed E-state index contributed by atoms with van der Waals surface area (Å²) in [7, 11) is 0. The Labute approximate surface area is 103 Å². The molecule has 17 heavy (non-hydrogen) atoms. The quantitative estimate of drug-likeness (QED) is 0.780. The number of nitrogens with zero attached hydrogens (tertiary/aromatic N) is 1. The van der Waals surface area contributed by atoms with Crippen molar-refractivity contribution < 1.29 is 0 Å². The van der Waals surface area contributed by atoms with Crippen LogP contribution >= 0.6 is 0 Å². The third kappa shape index (κ3) is 1.72. The zero-order valence-corrected chi connectivity index (χ0v) is 10.6. The molecule has 1 saturated heterocycles. The van der Waals surface area contributed by atoms with Gasteiger partial charge in [-0.15, -0.1) is 0 Å². The standard InChI is InChI=1S/C15H20N2/c1-15(2,12-6-4-3-5-7-12)17-13-8-9-14(17)11-16-10-13/h3-9,13-14,16H,10-11H2,1-2H3. The fraction of sp³-hybridized carbons (Fsp3) is 0.467. The molecule has 2 unspecified atom stereocenters. The monoisotopic (exact) mass is 228 g/mol. The van der Waals surface area contributed by atoms with E-state index in [0.717, 1.165) is 13.1 Å². The number of benzene rings is 1. The van der Waals surface area contributed by atoms with Crippen LogP contribution in [0.5, 0.6) is 0 Å². The van der Waals surface area contributed by atoms with Gasteiger partial charge in [0.1, 0.15) is 0 Å². The van der Waals surface area contributed by atoms with Crippen LogP contribution in [0.3, 0.4) is 0 Å². The maximum absolute atomic E-state index is 3.50. The predicted molar refractivity (Wildman–Crippen MR) is 70.9 cm³/mol. The minimum Gasteiger partial charge on any atom is -0.313 e. The van der Waals surface area contributed by atoms with Crippen molar-refractivity contribution in [2.45, 2.75) is 31.5 Å². The third-order valence-corrected chi connectivity index (χ3v) is 4.10. The zero-order chi connectivity index (χ0) is 11.9. The van der Waals surface area contributed by atoms with Gasteiger partial charge in [0.15, 0.2) is 0 Å². The lowest BCUT2D eigenvalue weighted by atomic mass is 9.89. The Morgan fingerprint density at radius 1 is 1.06 bits per heavy atom. The maximum Gasteiger partial charge on any atom is 0.0418 e. The van der Waals surface area contributed by atoms with Crippen LogP contribution in [0.25, 0.3) is 0 Å². The molecule has 2 aliphatic heterocycles. The molecule has 0 spiro atoms. The highest BCUT2D eigenvalue weighted by atomic mass is 15.3. The van der Waals surface area contributed by atoms with Gasteiger partial charge in [-0.25, -0.2) is 0 Å². The van der Waals surface area contributed by atoms with E-state index < -0.39 is 0 Å². The van der Waals surface area contributed by atoms with E-state index in [1.807, 2.05) is 0 Å². The molecule has 1 N–H and O–H groups in total. The lowest BCUT2D eigenvalue weighted by Crippen LogP contribution is -2.59. The molecule has 2 bridgehead atoms. The Balaban J connectivity index is 1.94. The van der Waals surface area contributed by atoms with Crippen LogP contribution in [0.2, 0.25) is 0 Å². The molecule has 2 heteroatoms. The van der Waals surface area contributed by atoms with Crippen LogP contribution in [0.15, 0.2) is 42.5 Å². The molecule has 90 valence electrons. The summed E-state index contributed by atoms with van der Waals surface area (Å²) in [5.41, 5.74) is 1.50. The van der Waals surface area contributed by atoms with Crippen LogP contribution in [-0.2, 0) is 5.54 Å². The van der Waals surface area contributed by atoms with Crippen LogP contribution in [0.1, 0.15) is 19.4 Å². The smallest absolute Gasteiger partial charge is 0.0418 e. The van der Waals surface area contributed by atoms with E-state index in [2.05, 4.69) is 66.5 Å². The normalized spacial score (nSPS) is 28.6. The molecular weight excluding hydrogens is 208 g/mol. The predicted octanol–water partition coefficient (Wildman–Crippen LogP) is 2.13. The molecule has 3 rings (SSSR count). The fourth-order valence-corrected chi connectivity index (χ4v) is 3.22. The second-order valence-corrected chi connectivity index (χ2v) is 5.51. The molecule has 0 aliphatic carbocycles. The molecule has 2 aliphatic rings. The van der Waals surface area contributed by atoms with E-state index in [1.54, 1.807) is 0 Å². The van der Waals surface area contributed by atoms with Crippen LogP contribution < -0.4 is 5.32 Å². The van der Waals surface area contributed by atoms with Gasteiger partial charge in [-0.2, -0.15) is 0 Å². The number of fused-ring (bicyclic) bond motifs is 2. The second-order valence-electron chi connectivity index (χ2n) is 5.51. The Morgan fingerprint density at radius 3 is 2.24 bits per heavy atom. The van der Waals surface area contributed by atoms with E-state index in [1.165, 1.54) is 5.56 Å². The molecule has 0 saturated carbocycles. The van der Waals surface area contributed by atoms with E-state index in [-0.39, 0.29) is 5.54 Å². The number of nitrogens with one attached hydrogen (secondary N) is 1. The molecule has 2 heterocycles. The SMILES string of the molecule is CC(C)(c1ccccc1)N1C2C=CC1CNC2. The summed E-state index contributed by atoms with van der Waals surface area (Å²) in [5, 5.41) is 3.50. The van der Waals surface area contributed by atoms with Crippen molar-refractivity contribution in [1.82, 2.24) is 10.2 Å². The van der Waals surface area contributed by atoms with Gasteiger partial charge in [0, 0.05) is 30.7 Å². The zero-order valence-electron chi connectivity index (χ0n) is 10.6. The van der Waals surface area contributed by atoms with Crippen molar-refractivity contribution in [3.8, 4) is 0 Å². The summed E-state index contributed by atoms with van der Waals surface area (Å²) >= 11 is 0. The summed E-state index contributed by atoms with van der Waals surface area (Å²) in [6.07, 6.45) is 4.71. The third-order valence-electron chi connectivity index (χ3n) is 4.10. The molecule has 1 aromatic carbocycles. The highest BCUT2D eigenvalue weighted by Gasteiger charge is 2.41. The molecule has 0 aromatic heterocycles. The van der Waals surface area contributed by atoms with Crippen molar-refractivity contribution in [2.24, 2.45) is 0 Å². The van der Waals surface area contributed by atoms with Crippen molar-refractivity contribution in [1.29, 1.82) is 0 Å². The number of hydrogen-bond donors (Lipinski definition) is 1. The van der Waals surface area contributed by atoms with Gasteiger partial charge in [-0.3, -0.25) is 4.90 Å². The summed E-state index contributed by atoms with van der Waals surface area (Å²) in [5.74, 6) is 0. The first kappa shape index (κ1) is 11.0. The summed E-state index contributed by atoms with van der Waals surface area (Å²) in [6, 6.07) is 11.9. The molecule has 2 nitrogen and oxygen atoms in total. The Bertz CT molecular complexity index is 408. The molecule has 2 atom stereocenters. The lowest BCUT2D eigenvalue weighted by molar-refractivity contribution is 0.0502. The Kier molecular flexibility index (Phi) is 2.57. The van der Waals surface area contributed by atoms with Crippen LogP contribution in [-0.4, -0.2) is 30.1 Å². The minimum atomic E-state index is 0.0994. The van der Waals surface area contributed by atoms with Gasteiger partial charge < -0.3 is 5.32 Å². The highest BCUT2D eigenvalue weighted by Crippen LogP contribution is 2.36. The van der Waals surface area contributed by atoms with E-state index >= 15 is 0 Å². The topological polar surface area (TPSA) is 15.3 Å². The van der Waals surface area contributed by atoms with Crippen molar-refractivity contribution >= 4 is 0 Å². The van der Waals surface area contributed by atoms with Gasteiger partial charge in [0.05, 0.1) is 0 Å². The van der Waals surface area contributed by atoms with E-state index in [4.69, 9.17) is 0 Å². The number of rotatable bonds is 2. The Morgan fingerprint density at radius 2 is 1.65 bits per heavy atom. The van der Waals surface area contributed by atoms with E-state index in [9.17, 15) is 0 Å². The van der Waals surface area contributed by atoms with Crippen LogP contribution in [0.4, 0.5) is 0 Å². The first-order valence-corrected chi connectivity index (χ1v) is 6.42. The Hall–Kier alpha value is -1.12. The summed E-state index contributed by atoms with van der Waals surface area (Å²) in [4.78, 5) is 2.64. The molecule has 1 fully saturated rings. The van der Waals surface area contributed by atoms with Crippen molar-refractivity contribution in [2.75, 3.05) is 13.1 Å². The molecular formula is C15H20N2. The fourth-order valence-electron chi connectivity index (χ4n) is 3.22. The van der Waals surface area contributed by atoms with Gasteiger partial charge in [-0.1, -0.05) is 42.5 Å². The van der Waals surface area contributed by atoms with Crippen molar-refractivity contribution in [3.05, 3.63) is 48.0 Å². The van der Waals surface area contributed by atoms with Gasteiger partial charge >= 0.3 is 0 Å². The molecule has 1 aromatic rings. The largest absolute Gasteiger partial charge is 0.313 e. The average Bonchev–Trinajstić information content (AvgIpc) is 2.62. The maximum atomic E-state index is 3.50. The first-order chi connectivity index (χ1) is 8.19. The molecule has 0 radical (unpaired) electrons. The number of hydrogen-bond acceptors (Lipinski definition) is 2. The van der Waals surface area contributed by atoms with Crippen LogP contribution in [0, 0.1) is 0 Å². The highest BCUT2D eigenvalue weighted by molar-refractivity contribution is 5.27. The summed E-state index contributed by atoms with van der Waals surface area (Å²) < 4.78 is 0. The first-order valence-electron chi connectivity index (χ1n) is 6.42. The minimum absolute atomic E-state index is 0.0994. The van der Waals surface area contributed by atoms with Gasteiger partial charge in [0.2, 0.25) is 0 Å². The second kappa shape index (κ2) is 3.97. The number of piperazine rings is 1. The van der Waals surface area contributed by atoms with Crippen molar-refractivity contribution in [3.63, 3.8) is 0 Å². The van der Waals surface area contributed by atoms with E-state index in [0.29, 0.717) is 12.1 Å². The summed E-state index contributed by atoms with van der Waals surface area (Å²) in [6.45, 7) is 6.81. The van der Waals surface area contributed by atoms with Gasteiger partial charge in [0.25, 0.3) is 0 Å². The lowest BCUT2D eigenvalue weighted by Gasteiger charge is -2.46. The average molecular weight is 228 g/mol. The van der Waals surface area contributed by atoms with Gasteiger partial charge in [-0.05, 0) is 19.4 Å².